The molecule has 0 bridgehead atoms. The van der Waals surface area contributed by atoms with Gasteiger partial charge in [0.15, 0.2) is 5.96 Å². The monoisotopic (exact) mass is 403 g/mol. The van der Waals surface area contributed by atoms with E-state index < -0.39 is 0 Å². The van der Waals surface area contributed by atoms with Crippen LogP contribution in [-0.2, 0) is 11.3 Å². The second-order valence-corrected chi connectivity index (χ2v) is 7.40. The van der Waals surface area contributed by atoms with Gasteiger partial charge >= 0.3 is 0 Å². The molecule has 2 N–H and O–H groups in total. The molecule has 0 aliphatic heterocycles. The average Bonchev–Trinajstić information content (AvgIpc) is 3.15. The third-order valence-electron chi connectivity index (χ3n) is 4.22. The summed E-state index contributed by atoms with van der Waals surface area (Å²) in [5.41, 5.74) is 2.71. The molecule has 0 aliphatic rings. The maximum atomic E-state index is 12.2. The Kier molecular flexibility index (Phi) is 8.41. The molecule has 1 heterocycles. The van der Waals surface area contributed by atoms with Crippen LogP contribution in [0.4, 0.5) is 0 Å². The summed E-state index contributed by atoms with van der Waals surface area (Å²) in [6, 6.07) is 7.55. The predicted octanol–water partition coefficient (Wildman–Crippen LogP) is 2.60. The fourth-order valence-electron chi connectivity index (χ4n) is 2.62. The number of carbonyl (C=O) groups excluding carboxylic acids is 1. The molecule has 0 fully saturated rings. The second kappa shape index (κ2) is 10.8. The third kappa shape index (κ3) is 6.31. The van der Waals surface area contributed by atoms with E-state index in [1.54, 1.807) is 25.5 Å². The number of aliphatic imine (C=N–C) groups is 1. The number of hydrogen-bond acceptors (Lipinski definition) is 5. The van der Waals surface area contributed by atoms with E-state index in [1.807, 2.05) is 55.4 Å². The van der Waals surface area contributed by atoms with Crippen LogP contribution in [0.15, 0.2) is 34.6 Å². The fourth-order valence-corrected chi connectivity index (χ4v) is 3.47. The molecule has 1 aromatic heterocycles. The van der Waals surface area contributed by atoms with E-state index in [-0.39, 0.29) is 12.0 Å². The normalized spacial score (nSPS) is 12.5. The highest BCUT2D eigenvalue weighted by atomic mass is 32.1. The van der Waals surface area contributed by atoms with E-state index in [9.17, 15) is 4.79 Å². The summed E-state index contributed by atoms with van der Waals surface area (Å²) in [5.74, 6) is 0.676. The lowest BCUT2D eigenvalue weighted by Crippen LogP contribution is -2.42. The molecule has 2 aromatic rings. The predicted molar refractivity (Wildman–Crippen MR) is 114 cm³/mol. The lowest BCUT2D eigenvalue weighted by atomic mass is 10.1. The van der Waals surface area contributed by atoms with Gasteiger partial charge in [-0.25, -0.2) is 4.98 Å². The number of thiazole rings is 1. The number of nitrogens with one attached hydrogen (secondary N) is 2. The molecule has 0 saturated heterocycles. The number of carbonyl (C=O) groups is 1. The van der Waals surface area contributed by atoms with E-state index in [2.05, 4.69) is 20.6 Å². The van der Waals surface area contributed by atoms with Crippen LogP contribution in [0.25, 0.3) is 0 Å². The number of guanidine groups is 1. The summed E-state index contributed by atoms with van der Waals surface area (Å²) in [6.07, 6.45) is -0.00138. The van der Waals surface area contributed by atoms with Crippen molar-refractivity contribution < 1.29 is 9.53 Å². The van der Waals surface area contributed by atoms with E-state index in [4.69, 9.17) is 4.74 Å². The Labute approximate surface area is 170 Å². The van der Waals surface area contributed by atoms with E-state index in [0.717, 1.165) is 22.2 Å². The summed E-state index contributed by atoms with van der Waals surface area (Å²) >= 11 is 1.60. The SMILES string of the molecule is CN=C(NCCNC(=O)c1cccc(C)c1)N(C)Cc1csc(C(C)OC)n1. The van der Waals surface area contributed by atoms with E-state index in [1.165, 1.54) is 0 Å². The highest BCUT2D eigenvalue weighted by molar-refractivity contribution is 7.09. The molecule has 152 valence electrons. The minimum atomic E-state index is -0.0730. The van der Waals surface area contributed by atoms with Crippen molar-refractivity contribution in [3.63, 3.8) is 0 Å². The third-order valence-corrected chi connectivity index (χ3v) is 5.27. The molecule has 2 rings (SSSR count). The number of aromatic nitrogens is 1. The Morgan fingerprint density at radius 3 is 2.79 bits per heavy atom. The first-order chi connectivity index (χ1) is 13.4. The quantitative estimate of drug-likeness (QED) is 0.402. The van der Waals surface area contributed by atoms with Crippen LogP contribution < -0.4 is 10.6 Å². The van der Waals surface area contributed by atoms with Crippen LogP contribution in [0, 0.1) is 6.92 Å². The summed E-state index contributed by atoms with van der Waals surface area (Å²) in [4.78, 5) is 23.1. The van der Waals surface area contributed by atoms with Gasteiger partial charge in [0.2, 0.25) is 0 Å². The summed E-state index contributed by atoms with van der Waals surface area (Å²) in [5, 5.41) is 9.18. The van der Waals surface area contributed by atoms with Gasteiger partial charge in [-0.2, -0.15) is 0 Å². The van der Waals surface area contributed by atoms with Crippen molar-refractivity contribution in [1.29, 1.82) is 0 Å². The Bertz CT molecular complexity index is 805. The first-order valence-electron chi connectivity index (χ1n) is 9.18. The number of rotatable bonds is 8. The van der Waals surface area contributed by atoms with Crippen LogP contribution in [-0.4, -0.2) is 56.0 Å². The zero-order chi connectivity index (χ0) is 20.5. The summed E-state index contributed by atoms with van der Waals surface area (Å²) in [7, 11) is 5.38. The number of hydrogen-bond donors (Lipinski definition) is 2. The van der Waals surface area contributed by atoms with Crippen molar-refractivity contribution in [2.75, 3.05) is 34.3 Å². The molecule has 7 nitrogen and oxygen atoms in total. The van der Waals surface area contributed by atoms with Crippen LogP contribution in [0.1, 0.15) is 39.7 Å². The molecular weight excluding hydrogens is 374 g/mol. The van der Waals surface area contributed by atoms with Gasteiger partial charge in [0.1, 0.15) is 11.1 Å². The number of nitrogens with zero attached hydrogens (tertiary/aromatic N) is 3. The number of methoxy groups -OCH3 is 1. The van der Waals surface area contributed by atoms with Gasteiger partial charge in [-0.05, 0) is 26.0 Å². The molecule has 0 aliphatic carbocycles. The van der Waals surface area contributed by atoms with Crippen LogP contribution in [0.5, 0.6) is 0 Å². The standard InChI is InChI=1S/C20H29N5O2S/c1-14-7-6-8-16(11-14)18(26)22-9-10-23-20(21-3)25(4)12-17-13-28-19(24-17)15(2)27-5/h6-8,11,13,15H,9-10,12H2,1-5H3,(H,21,23)(H,22,26). The fraction of sp³-hybridized carbons (Fsp3) is 0.450. The van der Waals surface area contributed by atoms with Crippen LogP contribution >= 0.6 is 11.3 Å². The maximum absolute atomic E-state index is 12.2. The molecule has 8 heteroatoms. The molecular formula is C20H29N5O2S. The Morgan fingerprint density at radius 2 is 2.11 bits per heavy atom. The lowest BCUT2D eigenvalue weighted by molar-refractivity contribution is 0.0954. The van der Waals surface area contributed by atoms with Crippen molar-refractivity contribution in [3.8, 4) is 0 Å². The van der Waals surface area contributed by atoms with Crippen molar-refractivity contribution in [2.24, 2.45) is 4.99 Å². The molecule has 0 spiro atoms. The minimum Gasteiger partial charge on any atom is -0.375 e. The number of amides is 1. The van der Waals surface area contributed by atoms with Crippen LogP contribution in [0.2, 0.25) is 0 Å². The largest absolute Gasteiger partial charge is 0.375 e. The van der Waals surface area contributed by atoms with Crippen LogP contribution in [0.3, 0.4) is 0 Å². The second-order valence-electron chi connectivity index (χ2n) is 6.51. The highest BCUT2D eigenvalue weighted by Crippen LogP contribution is 2.20. The van der Waals surface area contributed by atoms with Crippen molar-refractivity contribution in [3.05, 3.63) is 51.5 Å². The van der Waals surface area contributed by atoms with Gasteiger partial charge in [0.05, 0.1) is 12.2 Å². The minimum absolute atomic E-state index is 0.00138. The van der Waals surface area contributed by atoms with Crippen molar-refractivity contribution >= 4 is 23.2 Å². The number of ether oxygens (including phenoxy) is 1. The van der Waals surface area contributed by atoms with Gasteiger partial charge in [0, 0.05) is 45.2 Å². The van der Waals surface area contributed by atoms with Gasteiger partial charge < -0.3 is 20.3 Å². The number of benzene rings is 1. The summed E-state index contributed by atoms with van der Waals surface area (Å²) in [6.45, 7) is 5.68. The van der Waals surface area contributed by atoms with E-state index >= 15 is 0 Å². The highest BCUT2D eigenvalue weighted by Gasteiger charge is 2.12. The molecule has 1 unspecified atom stereocenters. The Balaban J connectivity index is 1.78. The van der Waals surface area contributed by atoms with Gasteiger partial charge in [-0.3, -0.25) is 9.79 Å². The first-order valence-corrected chi connectivity index (χ1v) is 10.1. The zero-order valence-corrected chi connectivity index (χ0v) is 18.0. The summed E-state index contributed by atoms with van der Waals surface area (Å²) < 4.78 is 5.31. The van der Waals surface area contributed by atoms with Gasteiger partial charge in [-0.1, -0.05) is 17.7 Å². The first kappa shape index (κ1) is 21.8. The maximum Gasteiger partial charge on any atom is 0.251 e. The molecule has 1 amide bonds. The topological polar surface area (TPSA) is 78.9 Å². The average molecular weight is 404 g/mol. The van der Waals surface area contributed by atoms with Gasteiger partial charge in [-0.15, -0.1) is 11.3 Å². The molecule has 0 saturated carbocycles. The van der Waals surface area contributed by atoms with Crippen molar-refractivity contribution in [2.45, 2.75) is 26.5 Å². The molecule has 1 atom stereocenters. The van der Waals surface area contributed by atoms with Gasteiger partial charge in [0.25, 0.3) is 5.91 Å². The number of aryl methyl sites for hydroxylation is 1. The Morgan fingerprint density at radius 1 is 1.36 bits per heavy atom. The Hall–Kier alpha value is -2.45. The van der Waals surface area contributed by atoms with Crippen molar-refractivity contribution in [1.82, 2.24) is 20.5 Å². The lowest BCUT2D eigenvalue weighted by Gasteiger charge is -2.21. The van der Waals surface area contributed by atoms with E-state index in [0.29, 0.717) is 25.2 Å². The molecule has 28 heavy (non-hydrogen) atoms. The zero-order valence-electron chi connectivity index (χ0n) is 17.2. The smallest absolute Gasteiger partial charge is 0.251 e. The molecule has 1 aromatic carbocycles. The molecule has 0 radical (unpaired) electrons.